The van der Waals surface area contributed by atoms with E-state index in [4.69, 9.17) is 21.1 Å². The van der Waals surface area contributed by atoms with E-state index in [1.54, 1.807) is 36.3 Å². The van der Waals surface area contributed by atoms with Gasteiger partial charge in [-0.25, -0.2) is 0 Å². The van der Waals surface area contributed by atoms with Crippen LogP contribution in [0.5, 0.6) is 5.75 Å². The lowest BCUT2D eigenvalue weighted by atomic mass is 10.1. The molecule has 0 N–H and O–H groups in total. The molecule has 0 saturated carbocycles. The van der Waals surface area contributed by atoms with Crippen LogP contribution >= 0.6 is 11.6 Å². The summed E-state index contributed by atoms with van der Waals surface area (Å²) in [6.45, 7) is 1.66. The van der Waals surface area contributed by atoms with Crippen molar-refractivity contribution < 1.29 is 14.3 Å². The first kappa shape index (κ1) is 13.2. The van der Waals surface area contributed by atoms with Gasteiger partial charge in [0.05, 0.1) is 26.4 Å². The van der Waals surface area contributed by atoms with Gasteiger partial charge in [0.15, 0.2) is 0 Å². The van der Waals surface area contributed by atoms with Gasteiger partial charge in [-0.05, 0) is 24.3 Å². The van der Waals surface area contributed by atoms with Crippen molar-refractivity contribution in [1.82, 2.24) is 4.90 Å². The number of carbonyl (C=O) groups is 1. The zero-order valence-corrected chi connectivity index (χ0v) is 11.0. The summed E-state index contributed by atoms with van der Waals surface area (Å²) in [4.78, 5) is 14.1. The number of halogens is 1. The molecule has 0 bridgehead atoms. The Morgan fingerprint density at radius 2 is 2.22 bits per heavy atom. The van der Waals surface area contributed by atoms with Crippen LogP contribution in [-0.4, -0.2) is 49.6 Å². The molecular weight excluding hydrogens is 254 g/mol. The molecule has 1 saturated heterocycles. The molecule has 18 heavy (non-hydrogen) atoms. The smallest absolute Gasteiger partial charge is 0.254 e. The summed E-state index contributed by atoms with van der Waals surface area (Å²) >= 11 is 5.86. The molecule has 1 unspecified atom stereocenters. The summed E-state index contributed by atoms with van der Waals surface area (Å²) < 4.78 is 10.4. The first-order chi connectivity index (χ1) is 8.76. The van der Waals surface area contributed by atoms with E-state index in [-0.39, 0.29) is 11.9 Å². The third-order valence-electron chi connectivity index (χ3n) is 3.00. The van der Waals surface area contributed by atoms with Gasteiger partial charge in [0, 0.05) is 18.0 Å². The molecule has 1 atom stereocenters. The number of amides is 1. The van der Waals surface area contributed by atoms with E-state index in [0.29, 0.717) is 31.2 Å². The van der Waals surface area contributed by atoms with Gasteiger partial charge in [-0.15, -0.1) is 11.6 Å². The van der Waals surface area contributed by atoms with Crippen molar-refractivity contribution >= 4 is 17.5 Å². The number of hydrogen-bond donors (Lipinski definition) is 0. The van der Waals surface area contributed by atoms with Crippen molar-refractivity contribution in [2.45, 2.75) is 6.04 Å². The number of rotatable bonds is 3. The summed E-state index contributed by atoms with van der Waals surface area (Å²) in [6, 6.07) is 7.05. The normalized spacial score (nSPS) is 19.7. The van der Waals surface area contributed by atoms with E-state index >= 15 is 0 Å². The van der Waals surface area contributed by atoms with Crippen LogP contribution < -0.4 is 4.74 Å². The Hall–Kier alpha value is -1.26. The molecule has 4 nitrogen and oxygen atoms in total. The standard InChI is InChI=1S/C13H16ClNO3/c1-17-12-4-2-10(3-5-12)13(16)15-6-7-18-9-11(15)8-14/h2-5,11H,6-9H2,1H3. The lowest BCUT2D eigenvalue weighted by molar-refractivity contribution is 0.00456. The van der Waals surface area contributed by atoms with E-state index in [1.807, 2.05) is 0 Å². The molecule has 0 aliphatic carbocycles. The van der Waals surface area contributed by atoms with Gasteiger partial charge in [-0.1, -0.05) is 0 Å². The number of methoxy groups -OCH3 is 1. The highest BCUT2D eigenvalue weighted by molar-refractivity contribution is 6.18. The molecular formula is C13H16ClNO3. The minimum atomic E-state index is -0.0463. The number of hydrogen-bond acceptors (Lipinski definition) is 3. The van der Waals surface area contributed by atoms with Crippen molar-refractivity contribution in [3.05, 3.63) is 29.8 Å². The molecule has 0 aromatic heterocycles. The molecule has 1 aliphatic rings. The third-order valence-corrected chi connectivity index (χ3v) is 3.36. The largest absolute Gasteiger partial charge is 0.497 e. The van der Waals surface area contributed by atoms with E-state index in [1.165, 1.54) is 0 Å². The zero-order chi connectivity index (χ0) is 13.0. The van der Waals surface area contributed by atoms with Gasteiger partial charge in [0.2, 0.25) is 0 Å². The Morgan fingerprint density at radius 1 is 1.50 bits per heavy atom. The Kier molecular flexibility index (Phi) is 4.44. The number of nitrogens with zero attached hydrogens (tertiary/aromatic N) is 1. The molecule has 1 aromatic carbocycles. The van der Waals surface area contributed by atoms with Crippen molar-refractivity contribution in [2.24, 2.45) is 0 Å². The second kappa shape index (κ2) is 6.07. The monoisotopic (exact) mass is 269 g/mol. The lowest BCUT2D eigenvalue weighted by Crippen LogP contribution is -2.49. The molecule has 1 fully saturated rings. The number of carbonyl (C=O) groups excluding carboxylic acids is 1. The molecule has 98 valence electrons. The maximum atomic E-state index is 12.3. The van der Waals surface area contributed by atoms with E-state index in [9.17, 15) is 4.79 Å². The lowest BCUT2D eigenvalue weighted by Gasteiger charge is -2.34. The third kappa shape index (κ3) is 2.76. The molecule has 1 amide bonds. The molecule has 1 aromatic rings. The van der Waals surface area contributed by atoms with Crippen LogP contribution in [0.1, 0.15) is 10.4 Å². The summed E-state index contributed by atoms with van der Waals surface area (Å²) in [7, 11) is 1.60. The quantitative estimate of drug-likeness (QED) is 0.785. The van der Waals surface area contributed by atoms with Crippen molar-refractivity contribution in [1.29, 1.82) is 0 Å². The minimum Gasteiger partial charge on any atom is -0.497 e. The zero-order valence-electron chi connectivity index (χ0n) is 10.3. The van der Waals surface area contributed by atoms with E-state index in [0.717, 1.165) is 5.75 Å². The van der Waals surface area contributed by atoms with Gasteiger partial charge >= 0.3 is 0 Å². The highest BCUT2D eigenvalue weighted by atomic mass is 35.5. The Labute approximate surface area is 111 Å². The number of benzene rings is 1. The Morgan fingerprint density at radius 3 is 2.83 bits per heavy atom. The maximum absolute atomic E-state index is 12.3. The second-order valence-corrected chi connectivity index (χ2v) is 4.42. The van der Waals surface area contributed by atoms with Crippen LogP contribution in [0.15, 0.2) is 24.3 Å². The van der Waals surface area contributed by atoms with Crippen LogP contribution in [0.4, 0.5) is 0 Å². The molecule has 0 radical (unpaired) electrons. The predicted octanol–water partition coefficient (Wildman–Crippen LogP) is 1.77. The number of morpholine rings is 1. The number of alkyl halides is 1. The first-order valence-electron chi connectivity index (χ1n) is 5.85. The molecule has 5 heteroatoms. The molecule has 2 rings (SSSR count). The van der Waals surface area contributed by atoms with Crippen molar-refractivity contribution in [3.63, 3.8) is 0 Å². The van der Waals surface area contributed by atoms with E-state index < -0.39 is 0 Å². The van der Waals surface area contributed by atoms with Crippen LogP contribution in [0.25, 0.3) is 0 Å². The van der Waals surface area contributed by atoms with Gasteiger partial charge in [0.1, 0.15) is 5.75 Å². The summed E-state index contributed by atoms with van der Waals surface area (Å²) in [5.41, 5.74) is 0.646. The van der Waals surface area contributed by atoms with Crippen LogP contribution in [0, 0.1) is 0 Å². The maximum Gasteiger partial charge on any atom is 0.254 e. The van der Waals surface area contributed by atoms with Gasteiger partial charge in [0.25, 0.3) is 5.91 Å². The van der Waals surface area contributed by atoms with Crippen molar-refractivity contribution in [3.8, 4) is 5.75 Å². The minimum absolute atomic E-state index is 0.00777. The number of ether oxygens (including phenoxy) is 2. The fourth-order valence-electron chi connectivity index (χ4n) is 1.95. The topological polar surface area (TPSA) is 38.8 Å². The fraction of sp³-hybridized carbons (Fsp3) is 0.462. The highest BCUT2D eigenvalue weighted by Crippen LogP contribution is 2.16. The van der Waals surface area contributed by atoms with Crippen LogP contribution in [-0.2, 0) is 4.74 Å². The Bertz CT molecular complexity index is 407. The SMILES string of the molecule is COc1ccc(C(=O)N2CCOCC2CCl)cc1. The van der Waals surface area contributed by atoms with Gasteiger partial charge < -0.3 is 14.4 Å². The van der Waals surface area contributed by atoms with E-state index in [2.05, 4.69) is 0 Å². The second-order valence-electron chi connectivity index (χ2n) is 4.11. The summed E-state index contributed by atoms with van der Waals surface area (Å²) in [5.74, 6) is 1.12. The highest BCUT2D eigenvalue weighted by Gasteiger charge is 2.27. The molecule has 1 heterocycles. The fourth-order valence-corrected chi connectivity index (χ4v) is 2.21. The summed E-state index contributed by atoms with van der Waals surface area (Å²) in [5, 5.41) is 0. The molecule has 0 spiro atoms. The molecule has 1 aliphatic heterocycles. The van der Waals surface area contributed by atoms with Crippen molar-refractivity contribution in [2.75, 3.05) is 32.7 Å². The Balaban J connectivity index is 2.13. The van der Waals surface area contributed by atoms with Crippen LogP contribution in [0.3, 0.4) is 0 Å². The van der Waals surface area contributed by atoms with Gasteiger partial charge in [-0.3, -0.25) is 4.79 Å². The van der Waals surface area contributed by atoms with Gasteiger partial charge in [-0.2, -0.15) is 0 Å². The average Bonchev–Trinajstić information content (AvgIpc) is 2.46. The predicted molar refractivity (Wildman–Crippen MR) is 69.4 cm³/mol. The average molecular weight is 270 g/mol. The van der Waals surface area contributed by atoms with Crippen LogP contribution in [0.2, 0.25) is 0 Å². The summed E-state index contributed by atoms with van der Waals surface area (Å²) in [6.07, 6.45) is 0. The first-order valence-corrected chi connectivity index (χ1v) is 6.38.